The summed E-state index contributed by atoms with van der Waals surface area (Å²) in [5.74, 6) is -0.127. The zero-order valence-electron chi connectivity index (χ0n) is 12.0. The third-order valence-electron chi connectivity index (χ3n) is 3.58. The van der Waals surface area contributed by atoms with Crippen LogP contribution < -0.4 is 10.1 Å². The number of anilines is 1. The van der Waals surface area contributed by atoms with Gasteiger partial charge in [0.05, 0.1) is 25.2 Å². The molecule has 5 nitrogen and oxygen atoms in total. The fourth-order valence-corrected chi connectivity index (χ4v) is 3.27. The van der Waals surface area contributed by atoms with Crippen molar-refractivity contribution in [2.75, 3.05) is 19.0 Å². The summed E-state index contributed by atoms with van der Waals surface area (Å²) in [5, 5.41) is 5.10. The molecule has 1 unspecified atom stereocenters. The second kappa shape index (κ2) is 6.19. The Bertz CT molecular complexity index is 710. The zero-order valence-corrected chi connectivity index (χ0v) is 12.8. The molecule has 1 amide bonds. The van der Waals surface area contributed by atoms with E-state index in [0.29, 0.717) is 23.6 Å². The van der Waals surface area contributed by atoms with E-state index >= 15 is 0 Å². The first-order valence-electron chi connectivity index (χ1n) is 6.89. The largest absolute Gasteiger partial charge is 0.493 e. The lowest BCUT2D eigenvalue weighted by atomic mass is 9.92. The first kappa shape index (κ1) is 14.6. The molecule has 22 heavy (non-hydrogen) atoms. The van der Waals surface area contributed by atoms with E-state index < -0.39 is 5.97 Å². The Balaban J connectivity index is 1.82. The molecule has 1 aliphatic rings. The van der Waals surface area contributed by atoms with Gasteiger partial charge >= 0.3 is 5.97 Å². The Labute approximate surface area is 131 Å². The number of methoxy groups -OCH3 is 1. The van der Waals surface area contributed by atoms with Crippen LogP contribution in [0, 0.1) is 0 Å². The summed E-state index contributed by atoms with van der Waals surface area (Å²) in [6, 6.07) is 9.17. The molecule has 1 aromatic carbocycles. The molecule has 0 saturated carbocycles. The van der Waals surface area contributed by atoms with E-state index in [1.165, 1.54) is 18.4 Å². The molecule has 1 aliphatic heterocycles. The van der Waals surface area contributed by atoms with Gasteiger partial charge < -0.3 is 14.8 Å². The highest BCUT2D eigenvalue weighted by Crippen LogP contribution is 2.35. The first-order valence-corrected chi connectivity index (χ1v) is 7.77. The van der Waals surface area contributed by atoms with Gasteiger partial charge in [0.15, 0.2) is 0 Å². The molecule has 1 aromatic heterocycles. The molecule has 1 N–H and O–H groups in total. The van der Waals surface area contributed by atoms with E-state index in [1.54, 1.807) is 11.4 Å². The van der Waals surface area contributed by atoms with Crippen LogP contribution in [0.1, 0.15) is 28.3 Å². The lowest BCUT2D eigenvalue weighted by Crippen LogP contribution is -2.26. The number of fused-ring (bicyclic) bond motifs is 1. The predicted octanol–water partition coefficient (Wildman–Crippen LogP) is 3.04. The summed E-state index contributed by atoms with van der Waals surface area (Å²) in [7, 11) is 1.32. The van der Waals surface area contributed by atoms with Crippen LogP contribution in [0.15, 0.2) is 35.7 Å². The maximum absolute atomic E-state index is 12.6. The Hall–Kier alpha value is -2.34. The fraction of sp³-hybridized carbons (Fsp3) is 0.250. The predicted molar refractivity (Wildman–Crippen MR) is 83.6 cm³/mol. The van der Waals surface area contributed by atoms with Gasteiger partial charge in [0.25, 0.3) is 0 Å². The number of thiophene rings is 1. The van der Waals surface area contributed by atoms with Crippen molar-refractivity contribution in [2.45, 2.75) is 12.3 Å². The van der Waals surface area contributed by atoms with Gasteiger partial charge in [-0.3, -0.25) is 4.79 Å². The molecule has 0 fully saturated rings. The number of carbonyl (C=O) groups excluding carboxylic acids is 2. The summed E-state index contributed by atoms with van der Waals surface area (Å²) in [4.78, 5) is 24.2. The average molecular weight is 317 g/mol. The van der Waals surface area contributed by atoms with Gasteiger partial charge in [0.2, 0.25) is 5.91 Å². The number of nitrogens with one attached hydrogen (secondary N) is 1. The van der Waals surface area contributed by atoms with E-state index in [9.17, 15) is 9.59 Å². The van der Waals surface area contributed by atoms with Crippen LogP contribution in [0.2, 0.25) is 0 Å². The monoisotopic (exact) mass is 317 g/mol. The van der Waals surface area contributed by atoms with Gasteiger partial charge in [-0.15, -0.1) is 11.3 Å². The highest BCUT2D eigenvalue weighted by atomic mass is 32.1. The zero-order chi connectivity index (χ0) is 15.5. The maximum Gasteiger partial charge on any atom is 0.340 e. The summed E-state index contributed by atoms with van der Waals surface area (Å²) in [6.45, 7) is 0.503. The van der Waals surface area contributed by atoms with Crippen molar-refractivity contribution in [1.82, 2.24) is 0 Å². The van der Waals surface area contributed by atoms with Gasteiger partial charge in [-0.2, -0.15) is 0 Å². The topological polar surface area (TPSA) is 64.6 Å². The van der Waals surface area contributed by atoms with E-state index in [4.69, 9.17) is 9.47 Å². The number of hydrogen-bond donors (Lipinski definition) is 1. The lowest BCUT2D eigenvalue weighted by Gasteiger charge is -2.24. The summed E-state index contributed by atoms with van der Waals surface area (Å²) in [5.41, 5.74) is 1.25. The third kappa shape index (κ3) is 2.69. The molecule has 2 aromatic rings. The normalized spacial score (nSPS) is 16.3. The standard InChI is InChI=1S/C16H15NO4S/c1-20-16(19)12-7-9-22-15(12)17-14(18)11-6-8-21-13-5-3-2-4-10(11)13/h2-5,7,9,11H,6,8H2,1H3,(H,17,18). The van der Waals surface area contributed by atoms with Crippen molar-refractivity contribution in [3.63, 3.8) is 0 Å². The minimum Gasteiger partial charge on any atom is -0.493 e. The minimum absolute atomic E-state index is 0.136. The SMILES string of the molecule is COC(=O)c1ccsc1NC(=O)C1CCOc2ccccc21. The smallest absolute Gasteiger partial charge is 0.340 e. The van der Waals surface area contributed by atoms with Crippen LogP contribution >= 0.6 is 11.3 Å². The van der Waals surface area contributed by atoms with Crippen molar-refractivity contribution in [1.29, 1.82) is 0 Å². The van der Waals surface area contributed by atoms with Gasteiger partial charge in [0, 0.05) is 5.56 Å². The number of ether oxygens (including phenoxy) is 2. The van der Waals surface area contributed by atoms with Crippen molar-refractivity contribution < 1.29 is 19.1 Å². The molecule has 2 heterocycles. The second-order valence-electron chi connectivity index (χ2n) is 4.87. The van der Waals surface area contributed by atoms with Crippen LogP contribution in [0.5, 0.6) is 5.75 Å². The van der Waals surface area contributed by atoms with Gasteiger partial charge in [-0.05, 0) is 23.9 Å². The van der Waals surface area contributed by atoms with Crippen LogP contribution in [0.25, 0.3) is 0 Å². The van der Waals surface area contributed by atoms with Crippen LogP contribution in [-0.2, 0) is 9.53 Å². The van der Waals surface area contributed by atoms with Gasteiger partial charge in [0.1, 0.15) is 10.8 Å². The first-order chi connectivity index (χ1) is 10.7. The molecule has 1 atom stereocenters. The van der Waals surface area contributed by atoms with Gasteiger partial charge in [-0.1, -0.05) is 18.2 Å². The summed E-state index contributed by atoms with van der Waals surface area (Å²) in [6.07, 6.45) is 0.613. The average Bonchev–Trinajstić information content (AvgIpc) is 3.01. The molecule has 3 rings (SSSR count). The van der Waals surface area contributed by atoms with Crippen molar-refractivity contribution >= 4 is 28.2 Å². The Morgan fingerprint density at radius 3 is 2.95 bits per heavy atom. The summed E-state index contributed by atoms with van der Waals surface area (Å²) >= 11 is 1.30. The van der Waals surface area contributed by atoms with E-state index in [-0.39, 0.29) is 11.8 Å². The van der Waals surface area contributed by atoms with Crippen molar-refractivity contribution in [2.24, 2.45) is 0 Å². The van der Waals surface area contributed by atoms with E-state index in [1.807, 2.05) is 24.3 Å². The number of hydrogen-bond acceptors (Lipinski definition) is 5. The number of amides is 1. The third-order valence-corrected chi connectivity index (χ3v) is 4.41. The molecule has 0 radical (unpaired) electrons. The van der Waals surface area contributed by atoms with Crippen LogP contribution in [0.3, 0.4) is 0 Å². The second-order valence-corrected chi connectivity index (χ2v) is 5.79. The Morgan fingerprint density at radius 1 is 1.32 bits per heavy atom. The van der Waals surface area contributed by atoms with Gasteiger partial charge in [-0.25, -0.2) is 4.79 Å². The van der Waals surface area contributed by atoms with Crippen molar-refractivity contribution in [3.8, 4) is 5.75 Å². The molecule has 0 aliphatic carbocycles. The lowest BCUT2D eigenvalue weighted by molar-refractivity contribution is -0.118. The molecule has 0 saturated heterocycles. The maximum atomic E-state index is 12.6. The number of carbonyl (C=O) groups is 2. The van der Waals surface area contributed by atoms with E-state index in [2.05, 4.69) is 5.32 Å². The number of para-hydroxylation sites is 1. The van der Waals surface area contributed by atoms with Crippen molar-refractivity contribution in [3.05, 3.63) is 46.8 Å². The minimum atomic E-state index is -0.455. The highest BCUT2D eigenvalue weighted by molar-refractivity contribution is 7.14. The van der Waals surface area contributed by atoms with Crippen LogP contribution in [-0.4, -0.2) is 25.6 Å². The molecule has 0 bridgehead atoms. The number of benzene rings is 1. The fourth-order valence-electron chi connectivity index (χ4n) is 2.49. The molecule has 0 spiro atoms. The number of rotatable bonds is 3. The highest BCUT2D eigenvalue weighted by Gasteiger charge is 2.28. The van der Waals surface area contributed by atoms with Crippen LogP contribution in [0.4, 0.5) is 5.00 Å². The quantitative estimate of drug-likeness (QED) is 0.884. The summed E-state index contributed by atoms with van der Waals surface area (Å²) < 4.78 is 10.3. The van der Waals surface area contributed by atoms with E-state index in [0.717, 1.165) is 11.3 Å². The number of esters is 1. The molecule has 114 valence electrons. The Morgan fingerprint density at radius 2 is 2.14 bits per heavy atom. The molecular formula is C16H15NO4S. The molecular weight excluding hydrogens is 302 g/mol. The molecule has 6 heteroatoms. The Kier molecular flexibility index (Phi) is 4.11.